The fourth-order valence-electron chi connectivity index (χ4n) is 2.93. The van der Waals surface area contributed by atoms with Gasteiger partial charge in [0.05, 0.1) is 0 Å². The topological polar surface area (TPSA) is 21.3 Å². The number of nitrogens with one attached hydrogen (secondary N) is 1. The summed E-state index contributed by atoms with van der Waals surface area (Å²) in [7, 11) is 0. The minimum atomic E-state index is 0.197. The van der Waals surface area contributed by atoms with E-state index in [1.54, 1.807) is 0 Å². The largest absolute Gasteiger partial charge is 0.490 e. The Labute approximate surface area is 130 Å². The van der Waals surface area contributed by atoms with E-state index in [9.17, 15) is 0 Å². The third kappa shape index (κ3) is 5.70. The zero-order valence-electron chi connectivity index (χ0n) is 14.5. The predicted octanol–water partition coefficient (Wildman–Crippen LogP) is 4.57. The van der Waals surface area contributed by atoms with Crippen molar-refractivity contribution in [1.82, 2.24) is 5.32 Å². The van der Waals surface area contributed by atoms with Crippen LogP contribution in [0.2, 0.25) is 0 Å². The van der Waals surface area contributed by atoms with Gasteiger partial charge in [0.15, 0.2) is 0 Å². The first-order chi connectivity index (χ1) is 9.61. The quantitative estimate of drug-likeness (QED) is 0.876. The minimum Gasteiger partial charge on any atom is -0.490 e. The molecule has 0 bridgehead atoms. The van der Waals surface area contributed by atoms with E-state index in [1.165, 1.54) is 5.56 Å². The van der Waals surface area contributed by atoms with Gasteiger partial charge < -0.3 is 10.1 Å². The average Bonchev–Trinajstić information content (AvgIpc) is 2.22. The van der Waals surface area contributed by atoms with E-state index in [0.717, 1.165) is 25.0 Å². The molecular formula is C19H31NO. The lowest BCUT2D eigenvalue weighted by Crippen LogP contribution is -2.53. The highest BCUT2D eigenvalue weighted by Crippen LogP contribution is 2.29. The Hall–Kier alpha value is -1.02. The van der Waals surface area contributed by atoms with Gasteiger partial charge in [-0.1, -0.05) is 32.9 Å². The molecule has 2 heteroatoms. The van der Waals surface area contributed by atoms with E-state index in [-0.39, 0.29) is 5.54 Å². The Morgan fingerprint density at radius 3 is 2.33 bits per heavy atom. The summed E-state index contributed by atoms with van der Waals surface area (Å²) in [5.74, 6) is 1.02. The van der Waals surface area contributed by atoms with Crippen LogP contribution in [0, 0.1) is 5.41 Å². The molecule has 1 aliphatic rings. The molecular weight excluding hydrogens is 258 g/mol. The van der Waals surface area contributed by atoms with Gasteiger partial charge in [0, 0.05) is 11.6 Å². The Bertz CT molecular complexity index is 461. The summed E-state index contributed by atoms with van der Waals surface area (Å²) in [6.45, 7) is 13.5. The predicted molar refractivity (Wildman–Crippen MR) is 89.9 cm³/mol. The van der Waals surface area contributed by atoms with Crippen molar-refractivity contribution in [1.29, 1.82) is 0 Å². The summed E-state index contributed by atoms with van der Waals surface area (Å²) in [5, 5.41) is 3.63. The van der Waals surface area contributed by atoms with E-state index < -0.39 is 0 Å². The van der Waals surface area contributed by atoms with E-state index in [2.05, 4.69) is 71.1 Å². The van der Waals surface area contributed by atoms with Crippen LogP contribution in [0.3, 0.4) is 0 Å². The van der Waals surface area contributed by atoms with Crippen LogP contribution in [0.25, 0.3) is 0 Å². The van der Waals surface area contributed by atoms with Gasteiger partial charge >= 0.3 is 0 Å². The van der Waals surface area contributed by atoms with Crippen molar-refractivity contribution in [2.24, 2.45) is 5.41 Å². The lowest BCUT2D eigenvalue weighted by atomic mass is 9.87. The second kappa shape index (κ2) is 6.00. The van der Waals surface area contributed by atoms with Crippen LogP contribution in [0.1, 0.15) is 59.9 Å². The second-order valence-corrected chi connectivity index (χ2v) is 8.69. The van der Waals surface area contributed by atoms with Crippen LogP contribution in [0.4, 0.5) is 0 Å². The maximum atomic E-state index is 6.11. The van der Waals surface area contributed by atoms with Crippen molar-refractivity contribution in [3.05, 3.63) is 29.8 Å². The van der Waals surface area contributed by atoms with Gasteiger partial charge in [0.1, 0.15) is 11.9 Å². The maximum absolute atomic E-state index is 6.11. The van der Waals surface area contributed by atoms with Crippen molar-refractivity contribution in [2.45, 2.75) is 78.5 Å². The Balaban J connectivity index is 1.84. The summed E-state index contributed by atoms with van der Waals surface area (Å²) in [5.41, 5.74) is 1.88. The first kappa shape index (κ1) is 16.4. The molecule has 1 aliphatic carbocycles. The number of benzene rings is 1. The van der Waals surface area contributed by atoms with Gasteiger partial charge in [0.25, 0.3) is 0 Å². The summed E-state index contributed by atoms with van der Waals surface area (Å²) in [6.07, 6.45) is 3.68. The van der Waals surface area contributed by atoms with Crippen LogP contribution in [0.15, 0.2) is 24.3 Å². The Morgan fingerprint density at radius 2 is 1.76 bits per heavy atom. The lowest BCUT2D eigenvalue weighted by Gasteiger charge is -2.40. The van der Waals surface area contributed by atoms with E-state index >= 15 is 0 Å². The maximum Gasteiger partial charge on any atom is 0.119 e. The molecule has 0 unspecified atom stereocenters. The molecule has 21 heavy (non-hydrogen) atoms. The highest BCUT2D eigenvalue weighted by atomic mass is 16.5. The third-order valence-electron chi connectivity index (χ3n) is 3.67. The Kier molecular flexibility index (Phi) is 4.67. The van der Waals surface area contributed by atoms with Gasteiger partial charge in [-0.15, -0.1) is 0 Å². The molecule has 0 aromatic heterocycles. The highest BCUT2D eigenvalue weighted by molar-refractivity contribution is 5.29. The third-order valence-corrected chi connectivity index (χ3v) is 3.67. The van der Waals surface area contributed by atoms with Crippen LogP contribution in [0.5, 0.6) is 5.75 Å². The molecule has 1 aromatic rings. The van der Waals surface area contributed by atoms with Crippen molar-refractivity contribution < 1.29 is 4.74 Å². The molecule has 1 saturated carbocycles. The van der Waals surface area contributed by atoms with E-state index in [0.29, 0.717) is 17.6 Å². The molecule has 0 spiro atoms. The fraction of sp³-hybridized carbons (Fsp3) is 0.684. The second-order valence-electron chi connectivity index (χ2n) is 8.69. The van der Waals surface area contributed by atoms with Gasteiger partial charge in [0.2, 0.25) is 0 Å². The molecule has 0 aliphatic heterocycles. The van der Waals surface area contributed by atoms with Crippen molar-refractivity contribution in [2.75, 3.05) is 0 Å². The average molecular weight is 289 g/mol. The van der Waals surface area contributed by atoms with Crippen LogP contribution in [-0.4, -0.2) is 17.7 Å². The lowest BCUT2D eigenvalue weighted by molar-refractivity contribution is 0.0733. The molecule has 1 fully saturated rings. The smallest absolute Gasteiger partial charge is 0.119 e. The molecule has 1 N–H and O–H groups in total. The number of rotatable bonds is 4. The number of ether oxygens (including phenoxy) is 1. The molecule has 0 saturated heterocycles. The minimum absolute atomic E-state index is 0.197. The summed E-state index contributed by atoms with van der Waals surface area (Å²) < 4.78 is 6.11. The number of hydrogen-bond acceptors (Lipinski definition) is 2. The van der Waals surface area contributed by atoms with Crippen molar-refractivity contribution in [3.63, 3.8) is 0 Å². The first-order valence-electron chi connectivity index (χ1n) is 8.14. The van der Waals surface area contributed by atoms with Gasteiger partial charge in [-0.3, -0.25) is 0 Å². The number of hydrogen-bond donors (Lipinski definition) is 1. The van der Waals surface area contributed by atoms with Gasteiger partial charge in [-0.05, 0) is 63.1 Å². The molecule has 118 valence electrons. The van der Waals surface area contributed by atoms with Crippen LogP contribution in [-0.2, 0) is 6.42 Å². The standard InChI is InChI=1S/C19H31NO/c1-18(2,3)13-14-8-7-9-16(10-14)21-17-11-15(12-17)20-19(4,5)6/h7-10,15,17,20H,11-13H2,1-6H3. The molecule has 0 atom stereocenters. The normalized spacial score (nSPS) is 22.8. The first-order valence-corrected chi connectivity index (χ1v) is 8.14. The van der Waals surface area contributed by atoms with Gasteiger partial charge in [-0.25, -0.2) is 0 Å². The van der Waals surface area contributed by atoms with Crippen LogP contribution < -0.4 is 10.1 Å². The fourth-order valence-corrected chi connectivity index (χ4v) is 2.93. The van der Waals surface area contributed by atoms with Gasteiger partial charge in [-0.2, -0.15) is 0 Å². The summed E-state index contributed by atoms with van der Waals surface area (Å²) in [6, 6.07) is 9.20. The van der Waals surface area contributed by atoms with Crippen molar-refractivity contribution in [3.8, 4) is 5.75 Å². The van der Waals surface area contributed by atoms with E-state index in [1.807, 2.05) is 0 Å². The van der Waals surface area contributed by atoms with Crippen molar-refractivity contribution >= 4 is 0 Å². The zero-order valence-corrected chi connectivity index (χ0v) is 14.5. The molecule has 2 rings (SSSR count). The molecule has 0 radical (unpaired) electrons. The Morgan fingerprint density at radius 1 is 1.10 bits per heavy atom. The highest BCUT2D eigenvalue weighted by Gasteiger charge is 2.33. The SMILES string of the molecule is CC(C)(C)Cc1cccc(OC2CC(NC(C)(C)C)C2)c1. The molecule has 0 heterocycles. The monoisotopic (exact) mass is 289 g/mol. The molecule has 2 nitrogen and oxygen atoms in total. The van der Waals surface area contributed by atoms with E-state index in [4.69, 9.17) is 4.74 Å². The molecule has 1 aromatic carbocycles. The molecule has 0 amide bonds. The summed E-state index contributed by atoms with van der Waals surface area (Å²) >= 11 is 0. The van der Waals surface area contributed by atoms with Crippen LogP contribution >= 0.6 is 0 Å². The zero-order chi connectivity index (χ0) is 15.7. The summed E-state index contributed by atoms with van der Waals surface area (Å²) in [4.78, 5) is 0.